The Bertz CT molecular complexity index is 746. The molecule has 1 heterocycles. The van der Waals surface area contributed by atoms with E-state index in [2.05, 4.69) is 66.5 Å². The second-order valence-electron chi connectivity index (χ2n) is 7.59. The molecule has 1 saturated heterocycles. The molecule has 0 radical (unpaired) electrons. The van der Waals surface area contributed by atoms with Crippen molar-refractivity contribution >= 4 is 12.0 Å². The summed E-state index contributed by atoms with van der Waals surface area (Å²) in [5, 5.41) is 3.19. The molecule has 3 heteroatoms. The number of hydrogen-bond donors (Lipinski definition) is 1. The number of nitrogens with zero attached hydrogens (tertiary/aromatic N) is 1. The molecule has 3 rings (SSSR count). The van der Waals surface area contributed by atoms with E-state index in [1.54, 1.807) is 0 Å². The number of carbonyl (C=O) groups excluding carboxylic acids is 1. The largest absolute Gasteiger partial charge is 0.349 e. The van der Waals surface area contributed by atoms with E-state index < -0.39 is 0 Å². The summed E-state index contributed by atoms with van der Waals surface area (Å²) in [4.78, 5) is 15.1. The zero-order chi connectivity index (χ0) is 19.1. The van der Waals surface area contributed by atoms with Crippen LogP contribution in [0.25, 0.3) is 6.08 Å². The SMILES string of the molecule is C/C(=C\c1ccccc1)CN1CCC(C(=O)N[C@@H](C)c2ccccc2)CC1. The van der Waals surface area contributed by atoms with E-state index in [0.717, 1.165) is 38.0 Å². The molecule has 27 heavy (non-hydrogen) atoms. The molecule has 1 aliphatic heterocycles. The van der Waals surface area contributed by atoms with E-state index in [1.807, 2.05) is 24.3 Å². The molecular weight excluding hydrogens is 332 g/mol. The average molecular weight is 363 g/mol. The fourth-order valence-electron chi connectivity index (χ4n) is 3.74. The lowest BCUT2D eigenvalue weighted by atomic mass is 9.94. The van der Waals surface area contributed by atoms with Gasteiger partial charge in [0.2, 0.25) is 5.91 Å². The molecule has 1 atom stereocenters. The molecule has 0 aliphatic carbocycles. The van der Waals surface area contributed by atoms with Gasteiger partial charge in [0.25, 0.3) is 0 Å². The van der Waals surface area contributed by atoms with E-state index in [9.17, 15) is 4.79 Å². The molecule has 142 valence electrons. The number of carbonyl (C=O) groups is 1. The van der Waals surface area contributed by atoms with Gasteiger partial charge in [-0.05, 0) is 50.9 Å². The van der Waals surface area contributed by atoms with Gasteiger partial charge in [-0.15, -0.1) is 0 Å². The highest BCUT2D eigenvalue weighted by molar-refractivity contribution is 5.79. The highest BCUT2D eigenvalue weighted by Gasteiger charge is 2.25. The third-order valence-electron chi connectivity index (χ3n) is 5.30. The molecule has 0 bridgehead atoms. The maximum atomic E-state index is 12.6. The molecule has 1 fully saturated rings. The Morgan fingerprint density at radius 1 is 1.07 bits per heavy atom. The minimum Gasteiger partial charge on any atom is -0.349 e. The van der Waals surface area contributed by atoms with Crippen LogP contribution in [0.4, 0.5) is 0 Å². The van der Waals surface area contributed by atoms with Crippen LogP contribution in [-0.4, -0.2) is 30.4 Å². The quantitative estimate of drug-likeness (QED) is 0.809. The average Bonchev–Trinajstić information content (AvgIpc) is 2.70. The number of hydrogen-bond acceptors (Lipinski definition) is 2. The van der Waals surface area contributed by atoms with Crippen LogP contribution in [0, 0.1) is 5.92 Å². The fourth-order valence-corrected chi connectivity index (χ4v) is 3.74. The van der Waals surface area contributed by atoms with Gasteiger partial charge < -0.3 is 5.32 Å². The van der Waals surface area contributed by atoms with Crippen molar-refractivity contribution in [1.82, 2.24) is 10.2 Å². The zero-order valence-corrected chi connectivity index (χ0v) is 16.4. The van der Waals surface area contributed by atoms with Crippen molar-refractivity contribution in [1.29, 1.82) is 0 Å². The third kappa shape index (κ3) is 5.80. The minimum absolute atomic E-state index is 0.0628. The van der Waals surface area contributed by atoms with Gasteiger partial charge in [0, 0.05) is 12.5 Å². The van der Waals surface area contributed by atoms with Gasteiger partial charge in [-0.25, -0.2) is 0 Å². The predicted octanol–water partition coefficient (Wildman–Crippen LogP) is 4.68. The normalized spacial score (nSPS) is 17.5. The Hall–Kier alpha value is -2.39. The monoisotopic (exact) mass is 362 g/mol. The smallest absolute Gasteiger partial charge is 0.223 e. The van der Waals surface area contributed by atoms with Gasteiger partial charge in [-0.3, -0.25) is 9.69 Å². The number of likely N-dealkylation sites (tertiary alicyclic amines) is 1. The Morgan fingerprint density at radius 3 is 2.30 bits per heavy atom. The Balaban J connectivity index is 1.45. The van der Waals surface area contributed by atoms with Gasteiger partial charge in [0.1, 0.15) is 0 Å². The minimum atomic E-state index is 0.0628. The summed E-state index contributed by atoms with van der Waals surface area (Å²) in [6.45, 7) is 7.19. The highest BCUT2D eigenvalue weighted by atomic mass is 16.1. The van der Waals surface area contributed by atoms with Gasteiger partial charge in [0.15, 0.2) is 0 Å². The maximum absolute atomic E-state index is 12.6. The van der Waals surface area contributed by atoms with Crippen LogP contribution in [-0.2, 0) is 4.79 Å². The van der Waals surface area contributed by atoms with Crippen molar-refractivity contribution in [2.24, 2.45) is 5.92 Å². The number of benzene rings is 2. The Kier molecular flexibility index (Phi) is 6.83. The molecule has 0 saturated carbocycles. The first-order valence-electron chi connectivity index (χ1n) is 9.91. The van der Waals surface area contributed by atoms with Gasteiger partial charge in [-0.1, -0.05) is 72.3 Å². The van der Waals surface area contributed by atoms with E-state index in [-0.39, 0.29) is 17.9 Å². The lowest BCUT2D eigenvalue weighted by molar-refractivity contribution is -0.127. The van der Waals surface area contributed by atoms with Crippen LogP contribution in [0.3, 0.4) is 0 Å². The molecule has 2 aromatic rings. The molecule has 1 aliphatic rings. The second-order valence-corrected chi connectivity index (χ2v) is 7.59. The van der Waals surface area contributed by atoms with E-state index >= 15 is 0 Å². The fraction of sp³-hybridized carbons (Fsp3) is 0.375. The maximum Gasteiger partial charge on any atom is 0.223 e. The van der Waals surface area contributed by atoms with Crippen LogP contribution in [0.1, 0.15) is 43.9 Å². The molecule has 1 amide bonds. The lowest BCUT2D eigenvalue weighted by Crippen LogP contribution is -2.41. The van der Waals surface area contributed by atoms with Crippen molar-refractivity contribution in [2.45, 2.75) is 32.7 Å². The van der Waals surface area contributed by atoms with Crippen molar-refractivity contribution in [3.05, 3.63) is 77.4 Å². The zero-order valence-electron chi connectivity index (χ0n) is 16.4. The lowest BCUT2D eigenvalue weighted by Gasteiger charge is -2.32. The summed E-state index contributed by atoms with van der Waals surface area (Å²) >= 11 is 0. The van der Waals surface area contributed by atoms with Crippen LogP contribution >= 0.6 is 0 Å². The van der Waals surface area contributed by atoms with Crippen LogP contribution in [0.5, 0.6) is 0 Å². The van der Waals surface area contributed by atoms with Gasteiger partial charge >= 0.3 is 0 Å². The van der Waals surface area contributed by atoms with Crippen molar-refractivity contribution < 1.29 is 4.79 Å². The molecule has 0 unspecified atom stereocenters. The summed E-state index contributed by atoms with van der Waals surface area (Å²) in [6, 6.07) is 20.7. The van der Waals surface area contributed by atoms with Crippen LogP contribution < -0.4 is 5.32 Å². The topological polar surface area (TPSA) is 32.3 Å². The highest BCUT2D eigenvalue weighted by Crippen LogP contribution is 2.20. The van der Waals surface area contributed by atoms with Crippen LogP contribution in [0.2, 0.25) is 0 Å². The van der Waals surface area contributed by atoms with E-state index in [1.165, 1.54) is 11.1 Å². The molecule has 1 N–H and O–H groups in total. The first kappa shape index (κ1) is 19.4. The summed E-state index contributed by atoms with van der Waals surface area (Å²) in [5.41, 5.74) is 3.77. The second kappa shape index (κ2) is 9.52. The van der Waals surface area contributed by atoms with Crippen molar-refractivity contribution in [3.8, 4) is 0 Å². The van der Waals surface area contributed by atoms with Gasteiger partial charge in [0.05, 0.1) is 6.04 Å². The van der Waals surface area contributed by atoms with Crippen molar-refractivity contribution in [3.63, 3.8) is 0 Å². The van der Waals surface area contributed by atoms with Gasteiger partial charge in [-0.2, -0.15) is 0 Å². The molecular formula is C24H30N2O. The summed E-state index contributed by atoms with van der Waals surface area (Å²) in [7, 11) is 0. The molecule has 2 aromatic carbocycles. The third-order valence-corrected chi connectivity index (χ3v) is 5.30. The predicted molar refractivity (Wildman–Crippen MR) is 112 cm³/mol. The number of piperidine rings is 1. The summed E-state index contributed by atoms with van der Waals surface area (Å²) in [6.07, 6.45) is 4.12. The molecule has 0 spiro atoms. The van der Waals surface area contributed by atoms with Crippen LogP contribution in [0.15, 0.2) is 66.2 Å². The summed E-state index contributed by atoms with van der Waals surface area (Å²) < 4.78 is 0. The van der Waals surface area contributed by atoms with E-state index in [4.69, 9.17) is 0 Å². The summed E-state index contributed by atoms with van der Waals surface area (Å²) in [5.74, 6) is 0.327. The molecule has 0 aromatic heterocycles. The number of nitrogens with one attached hydrogen (secondary N) is 1. The van der Waals surface area contributed by atoms with E-state index in [0.29, 0.717) is 0 Å². The standard InChI is InChI=1S/C24H30N2O/c1-19(17-21-9-5-3-6-10-21)18-26-15-13-23(14-16-26)24(27)25-20(2)22-11-7-4-8-12-22/h3-12,17,20,23H,13-16,18H2,1-2H3,(H,25,27)/b19-17+/t20-/m0/s1. The Labute approximate surface area is 163 Å². The number of rotatable bonds is 6. The molecule has 3 nitrogen and oxygen atoms in total. The number of amides is 1. The first-order valence-corrected chi connectivity index (χ1v) is 9.91. The van der Waals surface area contributed by atoms with Crippen molar-refractivity contribution in [2.75, 3.05) is 19.6 Å². The first-order chi connectivity index (χ1) is 13.1. The Morgan fingerprint density at radius 2 is 1.67 bits per heavy atom.